The zero-order valence-corrected chi connectivity index (χ0v) is 11.2. The smallest absolute Gasteiger partial charge is 0.249 e. The quantitative estimate of drug-likeness (QED) is 0.820. The molecule has 2 amide bonds. The Labute approximate surface area is 108 Å². The van der Waals surface area contributed by atoms with Gasteiger partial charge in [0.1, 0.15) is 6.04 Å². The second-order valence-electron chi connectivity index (χ2n) is 4.25. The second-order valence-corrected chi connectivity index (χ2v) is 5.11. The first-order valence-corrected chi connectivity index (χ1v) is 6.13. The van der Waals surface area contributed by atoms with E-state index < -0.39 is 6.04 Å². The number of halogens is 1. The molecule has 5 heteroatoms. The summed E-state index contributed by atoms with van der Waals surface area (Å²) in [7, 11) is 0. The fourth-order valence-corrected chi connectivity index (χ4v) is 2.73. The molecule has 2 rings (SSSR count). The van der Waals surface area contributed by atoms with Crippen LogP contribution in [0, 0.1) is 13.8 Å². The molecule has 0 saturated carbocycles. The van der Waals surface area contributed by atoms with E-state index in [0.717, 1.165) is 21.3 Å². The van der Waals surface area contributed by atoms with E-state index in [9.17, 15) is 9.59 Å². The minimum Gasteiger partial charge on any atom is -0.372 e. The van der Waals surface area contributed by atoms with Crippen molar-refractivity contribution in [1.29, 1.82) is 0 Å². The molecule has 4 nitrogen and oxygen atoms in total. The van der Waals surface area contributed by atoms with E-state index >= 15 is 0 Å². The summed E-state index contributed by atoms with van der Waals surface area (Å²) in [5.74, 6) is -0.490. The standard InChI is InChI=1S/C12H13BrN2O2/c1-6-3-7(2)11(8(13)4-6)14-9-5-10(16)15-12(9)17/h3-4,9,14H,5H2,1-2H3,(H,15,16,17). The van der Waals surface area contributed by atoms with Gasteiger partial charge in [0, 0.05) is 4.47 Å². The van der Waals surface area contributed by atoms with Crippen molar-refractivity contribution in [3.05, 3.63) is 27.7 Å². The van der Waals surface area contributed by atoms with E-state index in [4.69, 9.17) is 0 Å². The van der Waals surface area contributed by atoms with Crippen molar-refractivity contribution in [2.75, 3.05) is 5.32 Å². The minimum atomic E-state index is -0.472. The van der Waals surface area contributed by atoms with Gasteiger partial charge < -0.3 is 5.32 Å². The van der Waals surface area contributed by atoms with Gasteiger partial charge in [0.25, 0.3) is 0 Å². The summed E-state index contributed by atoms with van der Waals surface area (Å²) in [5, 5.41) is 5.39. The molecule has 0 aliphatic carbocycles. The maximum Gasteiger partial charge on any atom is 0.249 e. The van der Waals surface area contributed by atoms with Crippen LogP contribution in [0.3, 0.4) is 0 Å². The van der Waals surface area contributed by atoms with E-state index in [1.165, 1.54) is 0 Å². The average molecular weight is 297 g/mol. The topological polar surface area (TPSA) is 58.2 Å². The first kappa shape index (κ1) is 12.1. The Bertz CT molecular complexity index is 476. The number of hydrogen-bond donors (Lipinski definition) is 2. The highest BCUT2D eigenvalue weighted by Crippen LogP contribution is 2.29. The predicted molar refractivity (Wildman–Crippen MR) is 68.8 cm³/mol. The van der Waals surface area contributed by atoms with Crippen molar-refractivity contribution >= 4 is 33.4 Å². The van der Waals surface area contributed by atoms with Crippen molar-refractivity contribution in [2.45, 2.75) is 26.3 Å². The highest BCUT2D eigenvalue weighted by molar-refractivity contribution is 9.10. The van der Waals surface area contributed by atoms with Crippen LogP contribution in [0.15, 0.2) is 16.6 Å². The van der Waals surface area contributed by atoms with Crippen molar-refractivity contribution in [2.24, 2.45) is 0 Å². The lowest BCUT2D eigenvalue weighted by atomic mass is 10.1. The third kappa shape index (κ3) is 2.49. The monoisotopic (exact) mass is 296 g/mol. The molecule has 0 radical (unpaired) electrons. The largest absolute Gasteiger partial charge is 0.372 e. The first-order valence-electron chi connectivity index (χ1n) is 5.34. The zero-order chi connectivity index (χ0) is 12.6. The molecule has 1 unspecified atom stereocenters. The van der Waals surface area contributed by atoms with Crippen molar-refractivity contribution in [3.8, 4) is 0 Å². The highest BCUT2D eigenvalue weighted by atomic mass is 79.9. The Morgan fingerprint density at radius 1 is 1.35 bits per heavy atom. The van der Waals surface area contributed by atoms with Crippen LogP contribution in [0.5, 0.6) is 0 Å². The lowest BCUT2D eigenvalue weighted by molar-refractivity contribution is -0.124. The van der Waals surface area contributed by atoms with Crippen LogP contribution in [-0.2, 0) is 9.59 Å². The van der Waals surface area contributed by atoms with Gasteiger partial charge in [-0.25, -0.2) is 0 Å². The van der Waals surface area contributed by atoms with Gasteiger partial charge in [-0.15, -0.1) is 0 Å². The Balaban J connectivity index is 2.25. The number of rotatable bonds is 2. The zero-order valence-electron chi connectivity index (χ0n) is 9.63. The Morgan fingerprint density at radius 3 is 2.59 bits per heavy atom. The number of aryl methyl sites for hydroxylation is 2. The molecule has 0 bridgehead atoms. The van der Waals surface area contributed by atoms with E-state index in [1.54, 1.807) is 0 Å². The van der Waals surface area contributed by atoms with Gasteiger partial charge in [-0.05, 0) is 47.0 Å². The van der Waals surface area contributed by atoms with Crippen LogP contribution in [0.25, 0.3) is 0 Å². The summed E-state index contributed by atoms with van der Waals surface area (Å²) < 4.78 is 0.905. The average Bonchev–Trinajstić information content (AvgIpc) is 2.51. The second kappa shape index (κ2) is 4.49. The van der Waals surface area contributed by atoms with Crippen LogP contribution >= 0.6 is 15.9 Å². The van der Waals surface area contributed by atoms with Crippen LogP contribution in [0.4, 0.5) is 5.69 Å². The van der Waals surface area contributed by atoms with E-state index in [1.807, 2.05) is 26.0 Å². The van der Waals surface area contributed by atoms with Gasteiger partial charge in [-0.2, -0.15) is 0 Å². The van der Waals surface area contributed by atoms with Gasteiger partial charge in [0.15, 0.2) is 0 Å². The van der Waals surface area contributed by atoms with Crippen molar-refractivity contribution < 1.29 is 9.59 Å². The normalized spacial score (nSPS) is 19.4. The number of benzene rings is 1. The summed E-state index contributed by atoms with van der Waals surface area (Å²) in [4.78, 5) is 22.6. The molecule has 1 atom stereocenters. The third-order valence-corrected chi connectivity index (χ3v) is 3.34. The number of amides is 2. The molecule has 0 aromatic heterocycles. The van der Waals surface area contributed by atoms with E-state index in [0.29, 0.717) is 0 Å². The summed E-state index contributed by atoms with van der Waals surface area (Å²) >= 11 is 3.46. The first-order chi connectivity index (χ1) is 7.97. The molecule has 1 fully saturated rings. The molecular weight excluding hydrogens is 284 g/mol. The SMILES string of the molecule is Cc1cc(C)c(NC2CC(=O)NC2=O)c(Br)c1. The number of carbonyl (C=O) groups is 2. The van der Waals surface area contributed by atoms with Crippen LogP contribution in [0.2, 0.25) is 0 Å². The molecule has 1 aliphatic heterocycles. The van der Waals surface area contributed by atoms with Crippen molar-refractivity contribution in [3.63, 3.8) is 0 Å². The molecule has 0 spiro atoms. The maximum absolute atomic E-state index is 11.5. The third-order valence-electron chi connectivity index (χ3n) is 2.72. The summed E-state index contributed by atoms with van der Waals surface area (Å²) in [6.07, 6.45) is 0.193. The number of nitrogens with one attached hydrogen (secondary N) is 2. The van der Waals surface area contributed by atoms with E-state index in [2.05, 4.69) is 26.6 Å². The molecule has 1 aromatic rings. The van der Waals surface area contributed by atoms with E-state index in [-0.39, 0.29) is 18.2 Å². The van der Waals surface area contributed by atoms with Gasteiger partial charge in [-0.1, -0.05) is 6.07 Å². The van der Waals surface area contributed by atoms with Crippen LogP contribution in [-0.4, -0.2) is 17.9 Å². The Hall–Kier alpha value is -1.36. The number of imide groups is 1. The predicted octanol–water partition coefficient (Wildman–Crippen LogP) is 1.89. The molecule has 90 valence electrons. The van der Waals surface area contributed by atoms with Gasteiger partial charge >= 0.3 is 0 Å². The molecular formula is C12H13BrN2O2. The number of hydrogen-bond acceptors (Lipinski definition) is 3. The molecule has 2 N–H and O–H groups in total. The van der Waals surface area contributed by atoms with Gasteiger partial charge in [0.05, 0.1) is 12.1 Å². The number of carbonyl (C=O) groups excluding carboxylic acids is 2. The summed E-state index contributed by atoms with van der Waals surface area (Å²) in [6.45, 7) is 3.97. The molecule has 17 heavy (non-hydrogen) atoms. The molecule has 1 heterocycles. The maximum atomic E-state index is 11.5. The Kier molecular flexibility index (Phi) is 3.19. The fraction of sp³-hybridized carbons (Fsp3) is 0.333. The lowest BCUT2D eigenvalue weighted by Gasteiger charge is -2.15. The fourth-order valence-electron chi connectivity index (χ4n) is 1.94. The van der Waals surface area contributed by atoms with Crippen LogP contribution in [0.1, 0.15) is 17.5 Å². The lowest BCUT2D eigenvalue weighted by Crippen LogP contribution is -2.30. The number of anilines is 1. The van der Waals surface area contributed by atoms with Crippen molar-refractivity contribution in [1.82, 2.24) is 5.32 Å². The van der Waals surface area contributed by atoms with Gasteiger partial charge in [-0.3, -0.25) is 14.9 Å². The van der Waals surface area contributed by atoms with Gasteiger partial charge in [0.2, 0.25) is 11.8 Å². The molecule has 1 aliphatic rings. The minimum absolute atomic E-state index is 0.193. The Morgan fingerprint density at radius 2 is 2.06 bits per heavy atom. The van der Waals surface area contributed by atoms with Crippen LogP contribution < -0.4 is 10.6 Å². The molecule has 1 aromatic carbocycles. The summed E-state index contributed by atoms with van der Waals surface area (Å²) in [6, 6.07) is 3.53. The molecule has 1 saturated heterocycles. The summed E-state index contributed by atoms with van der Waals surface area (Å²) in [5.41, 5.74) is 3.06. The highest BCUT2D eigenvalue weighted by Gasteiger charge is 2.30.